The molecule has 0 saturated carbocycles. The van der Waals surface area contributed by atoms with Gasteiger partial charge in [0, 0.05) is 6.42 Å². The highest BCUT2D eigenvalue weighted by Gasteiger charge is 2.27. The number of aliphatic hydroxyl groups is 1. The van der Waals surface area contributed by atoms with Crippen molar-refractivity contribution in [2.24, 2.45) is 0 Å². The first-order valence-corrected chi connectivity index (χ1v) is 12.6. The molecule has 0 aliphatic heterocycles. The largest absolute Gasteiger partial charge is 0.507 e. The maximum absolute atomic E-state index is 12.8. The van der Waals surface area contributed by atoms with E-state index in [0.717, 1.165) is 5.56 Å². The molecule has 3 aromatic rings. The number of aliphatic carboxylic acids is 1. The Balaban J connectivity index is 1.84. The van der Waals surface area contributed by atoms with Crippen LogP contribution in [0.15, 0.2) is 69.6 Å². The van der Waals surface area contributed by atoms with Gasteiger partial charge in [-0.25, -0.2) is 4.79 Å². The summed E-state index contributed by atoms with van der Waals surface area (Å²) >= 11 is 6.71. The van der Waals surface area contributed by atoms with Gasteiger partial charge in [-0.15, -0.1) is 0 Å². The number of halogens is 2. The third-order valence-corrected chi connectivity index (χ3v) is 6.83. The number of carboxylic acids is 1. The highest BCUT2D eigenvalue weighted by Crippen LogP contribution is 2.42. The SMILES string of the molecule is CC(O)(P=O)c1cc(Br)c(Oc2ccc(O)c(C(=O)NC(Cc3ccccc3)C(=O)O)c2)c(Br)c1. The molecule has 8 nitrogen and oxygen atoms in total. The summed E-state index contributed by atoms with van der Waals surface area (Å²) in [5, 5.41) is 30.9. The van der Waals surface area contributed by atoms with Gasteiger partial charge < -0.3 is 25.4 Å². The van der Waals surface area contributed by atoms with Crippen molar-refractivity contribution < 1.29 is 34.2 Å². The zero-order chi connectivity index (χ0) is 25.8. The van der Waals surface area contributed by atoms with Crippen LogP contribution in [0.2, 0.25) is 0 Å². The molecule has 0 aromatic heterocycles. The second kappa shape index (κ2) is 11.3. The van der Waals surface area contributed by atoms with Gasteiger partial charge in [-0.1, -0.05) is 30.3 Å². The van der Waals surface area contributed by atoms with Crippen molar-refractivity contribution in [2.75, 3.05) is 0 Å². The molecule has 0 radical (unpaired) electrons. The summed E-state index contributed by atoms with van der Waals surface area (Å²) in [6.07, 6.45) is 0.0671. The number of hydrogen-bond acceptors (Lipinski definition) is 6. The number of ether oxygens (including phenoxy) is 1. The van der Waals surface area contributed by atoms with Gasteiger partial charge in [0.1, 0.15) is 17.5 Å². The highest BCUT2D eigenvalue weighted by molar-refractivity contribution is 9.11. The molecular weight excluding hydrogens is 605 g/mol. The first-order chi connectivity index (χ1) is 16.5. The van der Waals surface area contributed by atoms with Crippen molar-refractivity contribution >= 4 is 52.2 Å². The van der Waals surface area contributed by atoms with Crippen molar-refractivity contribution in [3.8, 4) is 17.2 Å². The number of nitrogens with one attached hydrogen (secondary N) is 1. The third kappa shape index (κ3) is 6.67. The summed E-state index contributed by atoms with van der Waals surface area (Å²) in [6.45, 7) is 1.39. The molecule has 35 heavy (non-hydrogen) atoms. The fourth-order valence-corrected chi connectivity index (χ4v) is 4.73. The molecule has 2 atom stereocenters. The summed E-state index contributed by atoms with van der Waals surface area (Å²) in [5.41, 5.74) is 0.929. The molecular formula is C24H20Br2NO7P. The van der Waals surface area contributed by atoms with Crippen molar-refractivity contribution in [1.29, 1.82) is 0 Å². The van der Waals surface area contributed by atoms with Crippen LogP contribution >= 0.6 is 40.3 Å². The molecule has 2 unspecified atom stereocenters. The van der Waals surface area contributed by atoms with Crippen LogP contribution in [-0.2, 0) is 21.1 Å². The minimum absolute atomic E-state index is 0.0671. The van der Waals surface area contributed by atoms with E-state index < -0.39 is 31.7 Å². The van der Waals surface area contributed by atoms with Crippen LogP contribution in [0.25, 0.3) is 0 Å². The lowest BCUT2D eigenvalue weighted by molar-refractivity contribution is -0.139. The quantitative estimate of drug-likeness (QED) is 0.228. The first-order valence-electron chi connectivity index (χ1n) is 10.2. The molecule has 182 valence electrons. The number of hydrogen-bond donors (Lipinski definition) is 4. The lowest BCUT2D eigenvalue weighted by Gasteiger charge is -2.18. The van der Waals surface area contributed by atoms with Crippen LogP contribution in [0.4, 0.5) is 0 Å². The number of phenolic OH excluding ortho intramolecular Hbond substituents is 1. The Morgan fingerprint density at radius 1 is 1.09 bits per heavy atom. The number of carbonyl (C=O) groups excluding carboxylic acids is 1. The van der Waals surface area contributed by atoms with E-state index in [1.807, 2.05) is 0 Å². The Hall–Kier alpha value is -2.78. The van der Waals surface area contributed by atoms with Gasteiger partial charge in [0.2, 0.25) is 0 Å². The molecule has 3 rings (SSSR count). The van der Waals surface area contributed by atoms with Crippen LogP contribution in [0.5, 0.6) is 17.2 Å². The Morgan fingerprint density at radius 2 is 1.71 bits per heavy atom. The number of amides is 1. The maximum atomic E-state index is 12.8. The van der Waals surface area contributed by atoms with Gasteiger partial charge in [-0.3, -0.25) is 9.36 Å². The predicted molar refractivity (Wildman–Crippen MR) is 136 cm³/mol. The summed E-state index contributed by atoms with van der Waals surface area (Å²) in [6, 6.07) is 14.7. The fourth-order valence-electron chi connectivity index (χ4n) is 3.15. The lowest BCUT2D eigenvalue weighted by Crippen LogP contribution is -2.42. The minimum atomic E-state index is -1.60. The van der Waals surface area contributed by atoms with E-state index in [1.165, 1.54) is 25.1 Å². The molecule has 0 bridgehead atoms. The molecule has 3 aromatic carbocycles. The number of benzene rings is 3. The van der Waals surface area contributed by atoms with Gasteiger partial charge in [-0.05, 0) is 80.2 Å². The average Bonchev–Trinajstić information content (AvgIpc) is 2.82. The van der Waals surface area contributed by atoms with Crippen molar-refractivity contribution in [3.63, 3.8) is 0 Å². The molecule has 0 aliphatic carbocycles. The molecule has 0 spiro atoms. The van der Waals surface area contributed by atoms with Crippen molar-refractivity contribution in [1.82, 2.24) is 5.32 Å². The summed E-state index contributed by atoms with van der Waals surface area (Å²) in [5.74, 6) is -1.86. The molecule has 11 heteroatoms. The van der Waals surface area contributed by atoms with Crippen LogP contribution in [0.3, 0.4) is 0 Å². The fraction of sp³-hybridized carbons (Fsp3) is 0.167. The topological polar surface area (TPSA) is 133 Å². The van der Waals surface area contributed by atoms with Crippen LogP contribution in [0, 0.1) is 0 Å². The number of carboxylic acid groups (broad SMARTS) is 1. The second-order valence-corrected chi connectivity index (χ2v) is 10.5. The van der Waals surface area contributed by atoms with Crippen LogP contribution in [-0.4, -0.2) is 33.2 Å². The Bertz CT molecular complexity index is 1240. The number of aromatic hydroxyl groups is 1. The van der Waals surface area contributed by atoms with Crippen LogP contribution < -0.4 is 10.1 Å². The summed E-state index contributed by atoms with van der Waals surface area (Å²) in [4.78, 5) is 24.5. The van der Waals surface area contributed by atoms with Gasteiger partial charge in [0.25, 0.3) is 5.91 Å². The molecule has 0 aliphatic rings. The van der Waals surface area contributed by atoms with E-state index in [0.29, 0.717) is 20.3 Å². The Kier molecular flexibility index (Phi) is 8.66. The van der Waals surface area contributed by atoms with Gasteiger partial charge >= 0.3 is 5.97 Å². The normalized spacial score (nSPS) is 13.6. The number of rotatable bonds is 9. The molecule has 0 heterocycles. The summed E-state index contributed by atoms with van der Waals surface area (Å²) < 4.78 is 18.0. The van der Waals surface area contributed by atoms with Crippen molar-refractivity contribution in [3.05, 3.63) is 86.3 Å². The molecule has 4 N–H and O–H groups in total. The minimum Gasteiger partial charge on any atom is -0.507 e. The number of carbonyl (C=O) groups is 2. The standard InChI is InChI=1S/C24H20Br2NO7P/c1-24(32,35-33)14-10-17(25)21(18(26)11-14)34-15-7-8-20(28)16(12-15)22(29)27-19(23(30)31)9-13-5-3-2-4-6-13/h2-8,10-12,19,28,32H,9H2,1H3,(H,27,29)(H,30,31). The van der Waals surface area contributed by atoms with E-state index >= 15 is 0 Å². The smallest absolute Gasteiger partial charge is 0.326 e. The van der Waals surface area contributed by atoms with Gasteiger partial charge in [0.15, 0.2) is 19.6 Å². The third-order valence-electron chi connectivity index (χ3n) is 5.04. The zero-order valence-electron chi connectivity index (χ0n) is 18.2. The van der Waals surface area contributed by atoms with Gasteiger partial charge in [0.05, 0.1) is 14.5 Å². The first kappa shape index (κ1) is 26.8. The molecule has 0 fully saturated rings. The van der Waals surface area contributed by atoms with Crippen LogP contribution in [0.1, 0.15) is 28.4 Å². The Labute approximate surface area is 219 Å². The van der Waals surface area contributed by atoms with E-state index in [4.69, 9.17) is 4.74 Å². The molecule has 0 saturated heterocycles. The molecule has 1 amide bonds. The predicted octanol–water partition coefficient (Wildman–Crippen LogP) is 5.59. The average molecular weight is 625 g/mol. The van der Waals surface area contributed by atoms with Crippen molar-refractivity contribution in [2.45, 2.75) is 24.7 Å². The Morgan fingerprint density at radius 3 is 2.29 bits per heavy atom. The van der Waals surface area contributed by atoms with E-state index in [1.54, 1.807) is 42.5 Å². The second-order valence-electron chi connectivity index (χ2n) is 7.72. The van der Waals surface area contributed by atoms with Gasteiger partial charge in [-0.2, -0.15) is 0 Å². The lowest BCUT2D eigenvalue weighted by atomic mass is 10.1. The number of phenols is 1. The summed E-state index contributed by atoms with van der Waals surface area (Å²) in [7, 11) is -0.478. The van der Waals surface area contributed by atoms with E-state index in [2.05, 4.69) is 37.2 Å². The maximum Gasteiger partial charge on any atom is 0.326 e. The zero-order valence-corrected chi connectivity index (χ0v) is 22.3. The highest BCUT2D eigenvalue weighted by atomic mass is 79.9. The monoisotopic (exact) mass is 623 g/mol. The van der Waals surface area contributed by atoms with E-state index in [9.17, 15) is 29.5 Å². The van der Waals surface area contributed by atoms with E-state index in [-0.39, 0.29) is 23.5 Å².